The van der Waals surface area contributed by atoms with Gasteiger partial charge in [-0.25, -0.2) is 0 Å². The van der Waals surface area contributed by atoms with Gasteiger partial charge in [-0.15, -0.1) is 5.10 Å². The summed E-state index contributed by atoms with van der Waals surface area (Å²) in [4.78, 5) is 24.2. The van der Waals surface area contributed by atoms with Crippen molar-refractivity contribution in [1.82, 2.24) is 20.8 Å². The van der Waals surface area contributed by atoms with Crippen LogP contribution in [0, 0.1) is 5.92 Å². The average Bonchev–Trinajstić information content (AvgIpc) is 3.27. The molecule has 2 aromatic rings. The molecule has 0 aliphatic carbocycles. The van der Waals surface area contributed by atoms with Gasteiger partial charge >= 0.3 is 6.01 Å². The van der Waals surface area contributed by atoms with Gasteiger partial charge in [0.25, 0.3) is 11.8 Å². The third kappa shape index (κ3) is 4.02. The van der Waals surface area contributed by atoms with Crippen LogP contribution < -0.4 is 16.0 Å². The summed E-state index contributed by atoms with van der Waals surface area (Å²) in [6.07, 6.45) is -0.791. The Hall–Kier alpha value is -2.46. The van der Waals surface area contributed by atoms with Crippen molar-refractivity contribution in [3.63, 3.8) is 0 Å². The van der Waals surface area contributed by atoms with Crippen molar-refractivity contribution in [3.8, 4) is 11.5 Å². The Bertz CT molecular complexity index is 761. The lowest BCUT2D eigenvalue weighted by molar-refractivity contribution is -0.134. The first-order valence-electron chi connectivity index (χ1n) is 8.34. The number of rotatable bonds is 6. The molecule has 0 aromatic carbocycles. The van der Waals surface area contributed by atoms with Crippen molar-refractivity contribution in [2.45, 2.75) is 38.5 Å². The summed E-state index contributed by atoms with van der Waals surface area (Å²) >= 11 is 1.52. The van der Waals surface area contributed by atoms with Crippen molar-refractivity contribution in [1.29, 1.82) is 0 Å². The largest absolute Gasteiger partial charge is 0.403 e. The molecule has 10 heteroatoms. The number of aliphatic hydroxyl groups is 1. The van der Waals surface area contributed by atoms with Gasteiger partial charge in [-0.2, -0.15) is 11.3 Å². The Morgan fingerprint density at radius 1 is 1.46 bits per heavy atom. The highest BCUT2D eigenvalue weighted by molar-refractivity contribution is 7.08. The van der Waals surface area contributed by atoms with Crippen molar-refractivity contribution in [2.24, 2.45) is 5.92 Å². The fourth-order valence-electron chi connectivity index (χ4n) is 2.67. The van der Waals surface area contributed by atoms with Gasteiger partial charge in [0.15, 0.2) is 6.10 Å². The topological polar surface area (TPSA) is 129 Å². The fourth-order valence-corrected chi connectivity index (χ4v) is 3.30. The van der Waals surface area contributed by atoms with Crippen LogP contribution in [0.3, 0.4) is 0 Å². The molecule has 1 saturated heterocycles. The molecule has 3 rings (SSSR count). The van der Waals surface area contributed by atoms with E-state index in [2.05, 4.69) is 26.1 Å². The van der Waals surface area contributed by atoms with Crippen molar-refractivity contribution >= 4 is 29.2 Å². The molecule has 1 aliphatic heterocycles. The van der Waals surface area contributed by atoms with Gasteiger partial charge in [0.2, 0.25) is 5.91 Å². The number of hydrogen-bond donors (Lipinski definition) is 4. The number of carbonyl (C=O) groups is 2. The van der Waals surface area contributed by atoms with Gasteiger partial charge in [-0.1, -0.05) is 18.9 Å². The summed E-state index contributed by atoms with van der Waals surface area (Å²) in [6.45, 7) is 4.16. The smallest absolute Gasteiger partial charge is 0.316 e. The van der Waals surface area contributed by atoms with E-state index in [4.69, 9.17) is 4.42 Å². The Kier molecular flexibility index (Phi) is 5.52. The molecule has 3 heterocycles. The number of aliphatic hydroxyl groups excluding tert-OH is 1. The number of amides is 2. The molecular formula is C16H21N5O4S. The zero-order chi connectivity index (χ0) is 18.7. The van der Waals surface area contributed by atoms with Crippen molar-refractivity contribution < 1.29 is 19.1 Å². The highest BCUT2D eigenvalue weighted by Gasteiger charge is 2.34. The van der Waals surface area contributed by atoms with Crippen LogP contribution in [0.4, 0.5) is 6.01 Å². The summed E-state index contributed by atoms with van der Waals surface area (Å²) in [7, 11) is 0. The maximum Gasteiger partial charge on any atom is 0.316 e. The minimum atomic E-state index is -1.26. The number of nitrogens with zero attached hydrogens (tertiary/aromatic N) is 2. The normalized spacial score (nSPS) is 21.3. The number of thiophene rings is 1. The van der Waals surface area contributed by atoms with Crippen LogP contribution in [0.5, 0.6) is 0 Å². The number of anilines is 1. The van der Waals surface area contributed by atoms with E-state index in [1.165, 1.54) is 11.3 Å². The lowest BCUT2D eigenvalue weighted by Crippen LogP contribution is -2.58. The zero-order valence-electron chi connectivity index (χ0n) is 14.4. The molecule has 3 unspecified atom stereocenters. The third-order valence-corrected chi connectivity index (χ3v) is 4.84. The Morgan fingerprint density at radius 3 is 2.96 bits per heavy atom. The maximum atomic E-state index is 12.6. The summed E-state index contributed by atoms with van der Waals surface area (Å²) in [5, 5.41) is 29.9. The molecule has 0 bridgehead atoms. The van der Waals surface area contributed by atoms with Gasteiger partial charge in [0.05, 0.1) is 6.04 Å². The first-order chi connectivity index (χ1) is 12.5. The van der Waals surface area contributed by atoms with Crippen LogP contribution in [0.1, 0.15) is 20.3 Å². The van der Waals surface area contributed by atoms with Crippen LogP contribution in [0.2, 0.25) is 0 Å². The second kappa shape index (κ2) is 7.83. The molecule has 0 saturated carbocycles. The monoisotopic (exact) mass is 379 g/mol. The van der Waals surface area contributed by atoms with Crippen molar-refractivity contribution in [2.75, 3.05) is 11.9 Å². The van der Waals surface area contributed by atoms with E-state index < -0.39 is 24.1 Å². The summed E-state index contributed by atoms with van der Waals surface area (Å²) < 4.78 is 5.57. The Labute approximate surface area is 154 Å². The Morgan fingerprint density at radius 2 is 2.27 bits per heavy atom. The number of piperidine rings is 1. The second-order valence-electron chi connectivity index (χ2n) is 6.43. The fraction of sp³-hybridized carbons (Fsp3) is 0.500. The third-order valence-electron chi connectivity index (χ3n) is 4.15. The average molecular weight is 379 g/mol. The second-order valence-corrected chi connectivity index (χ2v) is 7.21. The summed E-state index contributed by atoms with van der Waals surface area (Å²) in [5.74, 6) is -0.529. The lowest BCUT2D eigenvalue weighted by atomic mass is 9.99. The molecule has 1 aliphatic rings. The van der Waals surface area contributed by atoms with E-state index in [9.17, 15) is 14.7 Å². The first kappa shape index (κ1) is 18.3. The predicted molar refractivity (Wildman–Crippen MR) is 95.4 cm³/mol. The molecule has 26 heavy (non-hydrogen) atoms. The van der Waals surface area contributed by atoms with Gasteiger partial charge in [-0.05, 0) is 23.8 Å². The zero-order valence-corrected chi connectivity index (χ0v) is 15.2. The Balaban J connectivity index is 1.67. The van der Waals surface area contributed by atoms with Crippen LogP contribution in [0.25, 0.3) is 11.5 Å². The highest BCUT2D eigenvalue weighted by Crippen LogP contribution is 2.23. The van der Waals surface area contributed by atoms with Crippen LogP contribution in [-0.2, 0) is 9.59 Å². The van der Waals surface area contributed by atoms with Gasteiger partial charge in [-0.3, -0.25) is 9.59 Å². The van der Waals surface area contributed by atoms with E-state index in [1.807, 2.05) is 30.7 Å². The standard InChI is InChI=1S/C16H21N5O4S/c1-8(2)11(13(23)18-10-3-5-17-14(24)12(10)22)19-16-21-20-15(25-16)9-4-6-26-7-9/h4,6-8,10-12,22H,3,5H2,1-2H3,(H,17,24)(H,18,23)(H,19,21). The number of hydrogen-bond acceptors (Lipinski definition) is 8. The van der Waals surface area contributed by atoms with Crippen LogP contribution in [0.15, 0.2) is 21.2 Å². The van der Waals surface area contributed by atoms with Crippen molar-refractivity contribution in [3.05, 3.63) is 16.8 Å². The maximum absolute atomic E-state index is 12.6. The first-order valence-corrected chi connectivity index (χ1v) is 9.28. The molecule has 1 fully saturated rings. The van der Waals surface area contributed by atoms with Gasteiger partial charge in [0, 0.05) is 17.5 Å². The number of nitrogens with one attached hydrogen (secondary N) is 3. The SMILES string of the molecule is CC(C)C(Nc1nnc(-c2ccsc2)o1)C(=O)NC1CCNC(=O)C1O. The van der Waals surface area contributed by atoms with Gasteiger partial charge < -0.3 is 25.5 Å². The van der Waals surface area contributed by atoms with E-state index in [0.717, 1.165) is 5.56 Å². The van der Waals surface area contributed by atoms with E-state index in [0.29, 0.717) is 18.9 Å². The molecule has 2 aromatic heterocycles. The summed E-state index contributed by atoms with van der Waals surface area (Å²) in [5.41, 5.74) is 0.817. The van der Waals surface area contributed by atoms with Crippen LogP contribution >= 0.6 is 11.3 Å². The minimum absolute atomic E-state index is 0.0824. The molecule has 9 nitrogen and oxygen atoms in total. The van der Waals surface area contributed by atoms with Crippen LogP contribution in [-0.4, -0.2) is 51.9 Å². The molecule has 0 spiro atoms. The lowest BCUT2D eigenvalue weighted by Gasteiger charge is -2.30. The molecular weight excluding hydrogens is 358 g/mol. The van der Waals surface area contributed by atoms with E-state index >= 15 is 0 Å². The number of aromatic nitrogens is 2. The van der Waals surface area contributed by atoms with E-state index in [1.54, 1.807) is 0 Å². The predicted octanol–water partition coefficient (Wildman–Crippen LogP) is 0.600. The van der Waals surface area contributed by atoms with Gasteiger partial charge in [0.1, 0.15) is 6.04 Å². The number of carbonyl (C=O) groups excluding carboxylic acids is 2. The summed E-state index contributed by atoms with van der Waals surface area (Å²) in [6, 6.07) is 0.734. The molecule has 3 atom stereocenters. The molecule has 2 amide bonds. The van der Waals surface area contributed by atoms with E-state index in [-0.39, 0.29) is 17.8 Å². The minimum Gasteiger partial charge on any atom is -0.403 e. The highest BCUT2D eigenvalue weighted by atomic mass is 32.1. The molecule has 0 radical (unpaired) electrons. The molecule has 4 N–H and O–H groups in total. The molecule has 140 valence electrons. The quantitative estimate of drug-likeness (QED) is 0.578.